The number of aryl methyl sites for hydroxylation is 1. The summed E-state index contributed by atoms with van der Waals surface area (Å²) in [5.41, 5.74) is 4.55. The molecule has 4 heteroatoms. The van der Waals surface area contributed by atoms with Gasteiger partial charge in [0.2, 0.25) is 0 Å². The maximum Gasteiger partial charge on any atom is 0.111 e. The second-order valence-corrected chi connectivity index (χ2v) is 4.76. The molecule has 0 amide bonds. The van der Waals surface area contributed by atoms with Crippen LogP contribution in [0.2, 0.25) is 0 Å². The molecular formula is C15H17N3O. The highest BCUT2D eigenvalue weighted by Gasteiger charge is 2.15. The molecule has 1 aromatic carbocycles. The summed E-state index contributed by atoms with van der Waals surface area (Å²) in [5, 5.41) is 10.3. The maximum absolute atomic E-state index is 9.05. The number of hydrogen-bond donors (Lipinski definition) is 2. The molecule has 0 aliphatic carbocycles. The number of aromatic nitrogens is 3. The van der Waals surface area contributed by atoms with Crippen molar-refractivity contribution in [3.8, 4) is 11.3 Å². The molecule has 0 saturated carbocycles. The van der Waals surface area contributed by atoms with Crippen LogP contribution in [0.3, 0.4) is 0 Å². The number of hydrogen-bond acceptors (Lipinski definition) is 2. The van der Waals surface area contributed by atoms with Crippen LogP contribution in [0.5, 0.6) is 0 Å². The van der Waals surface area contributed by atoms with Gasteiger partial charge in [0.05, 0.1) is 18.5 Å². The van der Waals surface area contributed by atoms with Gasteiger partial charge in [0.25, 0.3) is 0 Å². The molecule has 98 valence electrons. The van der Waals surface area contributed by atoms with Crippen molar-refractivity contribution in [1.29, 1.82) is 0 Å². The summed E-state index contributed by atoms with van der Waals surface area (Å²) >= 11 is 0. The van der Waals surface area contributed by atoms with E-state index in [0.29, 0.717) is 6.42 Å². The summed E-state index contributed by atoms with van der Waals surface area (Å²) in [7, 11) is 1.99. The lowest BCUT2D eigenvalue weighted by atomic mass is 10.1. The summed E-state index contributed by atoms with van der Waals surface area (Å²) < 4.78 is 2.05. The van der Waals surface area contributed by atoms with Gasteiger partial charge in [-0.2, -0.15) is 0 Å². The van der Waals surface area contributed by atoms with Crippen LogP contribution in [0, 0.1) is 6.92 Å². The lowest BCUT2D eigenvalue weighted by molar-refractivity contribution is 0.295. The molecule has 0 saturated heterocycles. The number of nitrogens with one attached hydrogen (secondary N) is 1. The first-order valence-corrected chi connectivity index (χ1v) is 6.41. The van der Waals surface area contributed by atoms with Crippen molar-refractivity contribution in [2.45, 2.75) is 13.3 Å². The Hall–Kier alpha value is -2.07. The third kappa shape index (κ3) is 1.85. The number of nitrogens with zero attached hydrogens (tertiary/aromatic N) is 2. The fourth-order valence-electron chi connectivity index (χ4n) is 2.62. The Kier molecular flexibility index (Phi) is 2.87. The number of aliphatic hydroxyl groups excluding tert-OH is 1. The number of rotatable bonds is 3. The Bertz CT molecular complexity index is 724. The molecule has 2 N–H and O–H groups in total. The molecule has 0 unspecified atom stereocenters. The summed E-state index contributed by atoms with van der Waals surface area (Å²) in [5.74, 6) is 0.905. The summed E-state index contributed by atoms with van der Waals surface area (Å²) in [6.45, 7) is 2.20. The standard InChI is InChI=1S/C15H17N3O/c1-10-15(11-5-3-4-6-12(11)17-10)13-9-16-14(7-8-19)18(13)2/h3-6,9,17,19H,7-8H2,1-2H3. The highest BCUT2D eigenvalue weighted by Crippen LogP contribution is 2.32. The van der Waals surface area contributed by atoms with Crippen molar-refractivity contribution in [3.05, 3.63) is 42.0 Å². The number of aromatic amines is 1. The normalized spacial score (nSPS) is 11.3. The van der Waals surface area contributed by atoms with E-state index in [4.69, 9.17) is 5.11 Å². The first kappa shape index (κ1) is 12.0. The summed E-state index contributed by atoms with van der Waals surface area (Å²) in [6.07, 6.45) is 2.46. The van der Waals surface area contributed by atoms with E-state index in [0.717, 1.165) is 22.7 Å². The average molecular weight is 255 g/mol. The molecule has 0 radical (unpaired) electrons. The number of aliphatic hydroxyl groups is 1. The Morgan fingerprint density at radius 2 is 2.11 bits per heavy atom. The van der Waals surface area contributed by atoms with E-state index < -0.39 is 0 Å². The fourth-order valence-corrected chi connectivity index (χ4v) is 2.62. The van der Waals surface area contributed by atoms with Crippen LogP contribution in [0.15, 0.2) is 30.5 Å². The number of benzene rings is 1. The van der Waals surface area contributed by atoms with Crippen molar-refractivity contribution < 1.29 is 5.11 Å². The van der Waals surface area contributed by atoms with Gasteiger partial charge in [0.15, 0.2) is 0 Å². The van der Waals surface area contributed by atoms with E-state index in [9.17, 15) is 0 Å². The second kappa shape index (κ2) is 4.55. The Labute approximate surface area is 111 Å². The quantitative estimate of drug-likeness (QED) is 0.755. The predicted octanol–water partition coefficient (Wildman–Crippen LogP) is 2.41. The van der Waals surface area contributed by atoms with Crippen LogP contribution < -0.4 is 0 Å². The molecule has 0 atom stereocenters. The van der Waals surface area contributed by atoms with Crippen LogP contribution in [0.4, 0.5) is 0 Å². The minimum absolute atomic E-state index is 0.122. The Balaban J connectivity index is 2.22. The first-order chi connectivity index (χ1) is 9.22. The van der Waals surface area contributed by atoms with Crippen LogP contribution >= 0.6 is 0 Å². The second-order valence-electron chi connectivity index (χ2n) is 4.76. The number of para-hydroxylation sites is 1. The zero-order chi connectivity index (χ0) is 13.4. The third-order valence-electron chi connectivity index (χ3n) is 3.57. The van der Waals surface area contributed by atoms with E-state index in [1.165, 1.54) is 10.9 Å². The molecule has 0 spiro atoms. The van der Waals surface area contributed by atoms with E-state index >= 15 is 0 Å². The molecule has 3 aromatic rings. The zero-order valence-electron chi connectivity index (χ0n) is 11.1. The molecule has 3 rings (SSSR count). The van der Waals surface area contributed by atoms with Gasteiger partial charge in [-0.3, -0.25) is 0 Å². The fraction of sp³-hybridized carbons (Fsp3) is 0.267. The molecule has 2 aromatic heterocycles. The minimum Gasteiger partial charge on any atom is -0.396 e. The van der Waals surface area contributed by atoms with Gasteiger partial charge in [0.1, 0.15) is 5.82 Å². The lowest BCUT2D eigenvalue weighted by Crippen LogP contribution is -2.02. The van der Waals surface area contributed by atoms with Gasteiger partial charge < -0.3 is 14.7 Å². The summed E-state index contributed by atoms with van der Waals surface area (Å²) in [4.78, 5) is 7.80. The van der Waals surface area contributed by atoms with Crippen LogP contribution in [0.25, 0.3) is 22.2 Å². The molecule has 0 aliphatic heterocycles. The van der Waals surface area contributed by atoms with E-state index in [2.05, 4.69) is 33.6 Å². The van der Waals surface area contributed by atoms with Crippen LogP contribution in [-0.4, -0.2) is 26.2 Å². The van der Waals surface area contributed by atoms with E-state index in [1.807, 2.05) is 25.4 Å². The first-order valence-electron chi connectivity index (χ1n) is 6.41. The van der Waals surface area contributed by atoms with Crippen molar-refractivity contribution in [2.75, 3.05) is 6.61 Å². The van der Waals surface area contributed by atoms with E-state index in [-0.39, 0.29) is 6.61 Å². The third-order valence-corrected chi connectivity index (χ3v) is 3.57. The van der Waals surface area contributed by atoms with E-state index in [1.54, 1.807) is 0 Å². The molecule has 0 bridgehead atoms. The lowest BCUT2D eigenvalue weighted by Gasteiger charge is -2.05. The molecule has 2 heterocycles. The monoisotopic (exact) mass is 255 g/mol. The van der Waals surface area contributed by atoms with Crippen molar-refractivity contribution in [2.24, 2.45) is 7.05 Å². The molecule has 4 nitrogen and oxygen atoms in total. The molecular weight excluding hydrogens is 238 g/mol. The average Bonchev–Trinajstić information content (AvgIpc) is 2.91. The zero-order valence-corrected chi connectivity index (χ0v) is 11.1. The van der Waals surface area contributed by atoms with Gasteiger partial charge in [-0.1, -0.05) is 18.2 Å². The number of imidazole rings is 1. The largest absolute Gasteiger partial charge is 0.396 e. The molecule has 0 fully saturated rings. The topological polar surface area (TPSA) is 53.8 Å². The number of H-pyrrole nitrogens is 1. The summed E-state index contributed by atoms with van der Waals surface area (Å²) in [6, 6.07) is 8.27. The SMILES string of the molecule is Cc1[nH]c2ccccc2c1-c1cnc(CCO)n1C. The van der Waals surface area contributed by atoms with Crippen molar-refractivity contribution in [1.82, 2.24) is 14.5 Å². The minimum atomic E-state index is 0.122. The molecule has 0 aliphatic rings. The maximum atomic E-state index is 9.05. The van der Waals surface area contributed by atoms with Crippen molar-refractivity contribution in [3.63, 3.8) is 0 Å². The molecule has 19 heavy (non-hydrogen) atoms. The van der Waals surface area contributed by atoms with Crippen LogP contribution in [-0.2, 0) is 13.5 Å². The smallest absolute Gasteiger partial charge is 0.111 e. The van der Waals surface area contributed by atoms with Gasteiger partial charge >= 0.3 is 0 Å². The van der Waals surface area contributed by atoms with Gasteiger partial charge in [-0.05, 0) is 13.0 Å². The van der Waals surface area contributed by atoms with Crippen LogP contribution in [0.1, 0.15) is 11.5 Å². The van der Waals surface area contributed by atoms with Gasteiger partial charge in [0, 0.05) is 35.6 Å². The highest BCUT2D eigenvalue weighted by molar-refractivity contribution is 5.96. The van der Waals surface area contributed by atoms with Gasteiger partial charge in [-0.15, -0.1) is 0 Å². The van der Waals surface area contributed by atoms with Crippen molar-refractivity contribution >= 4 is 10.9 Å². The number of fused-ring (bicyclic) bond motifs is 1. The Morgan fingerprint density at radius 3 is 2.89 bits per heavy atom. The van der Waals surface area contributed by atoms with Gasteiger partial charge in [-0.25, -0.2) is 4.98 Å². The predicted molar refractivity (Wildman–Crippen MR) is 76.0 cm³/mol. The highest BCUT2D eigenvalue weighted by atomic mass is 16.3. The Morgan fingerprint density at radius 1 is 1.32 bits per heavy atom.